The van der Waals surface area contributed by atoms with Crippen LogP contribution in [0.15, 0.2) is 27.1 Å². The lowest BCUT2D eigenvalue weighted by molar-refractivity contribution is 0.282. The van der Waals surface area contributed by atoms with Crippen LogP contribution in [0.4, 0.5) is 0 Å². The average molecular weight is 416 g/mol. The van der Waals surface area contributed by atoms with E-state index in [-0.39, 0.29) is 11.5 Å². The lowest BCUT2D eigenvalue weighted by atomic mass is 9.77. The van der Waals surface area contributed by atoms with E-state index in [9.17, 15) is 0 Å². The first-order chi connectivity index (χ1) is 9.35. The number of hydrogen-bond donors (Lipinski definition) is 1. The van der Waals surface area contributed by atoms with Gasteiger partial charge in [0.25, 0.3) is 0 Å². The van der Waals surface area contributed by atoms with E-state index in [1.807, 2.05) is 6.07 Å². The summed E-state index contributed by atoms with van der Waals surface area (Å²) in [5.41, 5.74) is 8.90. The van der Waals surface area contributed by atoms with Gasteiger partial charge in [0.15, 0.2) is 0 Å². The van der Waals surface area contributed by atoms with Gasteiger partial charge in [-0.2, -0.15) is 0 Å². The van der Waals surface area contributed by atoms with Crippen molar-refractivity contribution in [1.29, 1.82) is 0 Å². The maximum Gasteiger partial charge on any atom is 0.123 e. The van der Waals surface area contributed by atoms with Crippen LogP contribution >= 0.6 is 43.2 Å². The van der Waals surface area contributed by atoms with Gasteiger partial charge in [0, 0.05) is 25.4 Å². The highest BCUT2D eigenvalue weighted by molar-refractivity contribution is 9.13. The van der Waals surface area contributed by atoms with Gasteiger partial charge in [-0.05, 0) is 62.2 Å². The molecule has 0 fully saturated rings. The standard InChI is InChI=1S/C15H16Br2N2S/c1-15(2)6-11(18)13-12(7-15)19-14(20-13)8-3-4-9(16)10(17)5-8/h3-5,11H,6-7,18H2,1-2H3. The molecule has 2 N–H and O–H groups in total. The molecule has 2 nitrogen and oxygen atoms in total. The highest BCUT2D eigenvalue weighted by Crippen LogP contribution is 2.44. The number of aromatic nitrogens is 1. The van der Waals surface area contributed by atoms with Crippen LogP contribution in [0.1, 0.15) is 36.9 Å². The van der Waals surface area contributed by atoms with Crippen molar-refractivity contribution in [2.24, 2.45) is 11.1 Å². The molecule has 0 spiro atoms. The molecule has 0 saturated heterocycles. The Hall–Kier alpha value is -0.230. The second-order valence-electron chi connectivity index (χ2n) is 6.11. The molecule has 3 rings (SSSR count). The van der Waals surface area contributed by atoms with Gasteiger partial charge in [-0.1, -0.05) is 19.9 Å². The third-order valence-corrected chi connectivity index (χ3v) is 6.81. The average Bonchev–Trinajstić information content (AvgIpc) is 2.75. The fourth-order valence-corrected chi connectivity index (χ4v) is 4.45. The maximum atomic E-state index is 6.32. The van der Waals surface area contributed by atoms with Crippen molar-refractivity contribution in [3.05, 3.63) is 37.7 Å². The van der Waals surface area contributed by atoms with Gasteiger partial charge in [-0.25, -0.2) is 4.98 Å². The van der Waals surface area contributed by atoms with Crippen LogP contribution in [0.5, 0.6) is 0 Å². The van der Waals surface area contributed by atoms with E-state index >= 15 is 0 Å². The third kappa shape index (κ3) is 2.73. The Kier molecular flexibility index (Phi) is 3.82. The first-order valence-electron chi connectivity index (χ1n) is 6.56. The second-order valence-corrected chi connectivity index (χ2v) is 8.85. The Morgan fingerprint density at radius 3 is 2.75 bits per heavy atom. The predicted octanol–water partition coefficient (Wildman–Crippen LogP) is 5.31. The summed E-state index contributed by atoms with van der Waals surface area (Å²) in [5, 5.41) is 1.07. The van der Waals surface area contributed by atoms with Crippen LogP contribution in [-0.4, -0.2) is 4.98 Å². The first kappa shape index (κ1) is 14.7. The van der Waals surface area contributed by atoms with Crippen LogP contribution in [0.3, 0.4) is 0 Å². The van der Waals surface area contributed by atoms with Crippen molar-refractivity contribution < 1.29 is 0 Å². The van der Waals surface area contributed by atoms with Crippen molar-refractivity contribution in [3.63, 3.8) is 0 Å². The van der Waals surface area contributed by atoms with Gasteiger partial charge in [0.1, 0.15) is 5.01 Å². The fraction of sp³-hybridized carbons (Fsp3) is 0.400. The summed E-state index contributed by atoms with van der Waals surface area (Å²) < 4.78 is 2.10. The Morgan fingerprint density at radius 2 is 2.05 bits per heavy atom. The zero-order valence-corrected chi connectivity index (χ0v) is 15.4. The van der Waals surface area contributed by atoms with Crippen molar-refractivity contribution in [1.82, 2.24) is 4.98 Å². The lowest BCUT2D eigenvalue weighted by Gasteiger charge is -2.32. The normalized spacial score (nSPS) is 20.8. The van der Waals surface area contributed by atoms with Crippen LogP contribution in [0.2, 0.25) is 0 Å². The molecule has 1 aliphatic carbocycles. The van der Waals surface area contributed by atoms with Crippen LogP contribution < -0.4 is 5.73 Å². The summed E-state index contributed by atoms with van der Waals surface area (Å²) in [5.74, 6) is 0. The van der Waals surface area contributed by atoms with Gasteiger partial charge in [-0.3, -0.25) is 0 Å². The van der Waals surface area contributed by atoms with Crippen LogP contribution in [0, 0.1) is 5.41 Å². The maximum absolute atomic E-state index is 6.32. The van der Waals surface area contributed by atoms with Gasteiger partial charge < -0.3 is 5.73 Å². The molecule has 0 saturated carbocycles. The van der Waals surface area contributed by atoms with Gasteiger partial charge >= 0.3 is 0 Å². The summed E-state index contributed by atoms with van der Waals surface area (Å²) in [6, 6.07) is 6.36. The molecule has 106 valence electrons. The predicted molar refractivity (Wildman–Crippen MR) is 92.0 cm³/mol. The molecule has 1 atom stereocenters. The first-order valence-corrected chi connectivity index (χ1v) is 8.96. The highest BCUT2D eigenvalue weighted by Gasteiger charge is 2.33. The third-order valence-electron chi connectivity index (χ3n) is 3.65. The van der Waals surface area contributed by atoms with Gasteiger partial charge in [0.2, 0.25) is 0 Å². The van der Waals surface area contributed by atoms with E-state index in [0.29, 0.717) is 0 Å². The molecular formula is C15H16Br2N2S. The molecule has 20 heavy (non-hydrogen) atoms. The number of halogens is 2. The molecular weight excluding hydrogens is 400 g/mol. The number of thiazole rings is 1. The summed E-state index contributed by atoms with van der Waals surface area (Å²) in [7, 11) is 0. The summed E-state index contributed by atoms with van der Waals surface area (Å²) in [6.07, 6.45) is 2.05. The minimum absolute atomic E-state index is 0.124. The van der Waals surface area contributed by atoms with Crippen molar-refractivity contribution >= 4 is 43.2 Å². The largest absolute Gasteiger partial charge is 0.323 e. The number of nitrogens with two attached hydrogens (primary N) is 1. The Morgan fingerprint density at radius 1 is 1.30 bits per heavy atom. The van der Waals surface area contributed by atoms with Gasteiger partial charge in [0.05, 0.1) is 5.69 Å². The molecule has 1 aliphatic rings. The molecule has 1 heterocycles. The van der Waals surface area contributed by atoms with Crippen molar-refractivity contribution in [2.75, 3.05) is 0 Å². The van der Waals surface area contributed by atoms with Gasteiger partial charge in [-0.15, -0.1) is 11.3 Å². The van der Waals surface area contributed by atoms with E-state index < -0.39 is 0 Å². The van der Waals surface area contributed by atoms with Crippen LogP contribution in [-0.2, 0) is 6.42 Å². The lowest BCUT2D eigenvalue weighted by Crippen LogP contribution is -2.28. The minimum atomic E-state index is 0.124. The van der Waals surface area contributed by atoms with E-state index in [4.69, 9.17) is 10.7 Å². The number of benzene rings is 1. The highest BCUT2D eigenvalue weighted by atomic mass is 79.9. The number of hydrogen-bond acceptors (Lipinski definition) is 3. The molecule has 1 aromatic carbocycles. The Balaban J connectivity index is 2.03. The van der Waals surface area contributed by atoms with E-state index in [1.54, 1.807) is 11.3 Å². The summed E-state index contributed by atoms with van der Waals surface area (Å²) in [6.45, 7) is 4.54. The van der Waals surface area contributed by atoms with E-state index in [0.717, 1.165) is 32.4 Å². The summed E-state index contributed by atoms with van der Waals surface area (Å²) in [4.78, 5) is 6.10. The van der Waals surface area contributed by atoms with Crippen molar-refractivity contribution in [3.8, 4) is 10.6 Å². The molecule has 0 aliphatic heterocycles. The topological polar surface area (TPSA) is 38.9 Å². The molecule has 0 amide bonds. The Bertz CT molecular complexity index is 664. The monoisotopic (exact) mass is 414 g/mol. The minimum Gasteiger partial charge on any atom is -0.323 e. The number of fused-ring (bicyclic) bond motifs is 1. The second kappa shape index (κ2) is 5.20. The zero-order valence-electron chi connectivity index (χ0n) is 11.4. The summed E-state index contributed by atoms with van der Waals surface area (Å²) >= 11 is 8.79. The molecule has 0 radical (unpaired) electrons. The molecule has 2 aromatic rings. The van der Waals surface area contributed by atoms with Crippen molar-refractivity contribution in [2.45, 2.75) is 32.7 Å². The smallest absolute Gasteiger partial charge is 0.123 e. The number of nitrogens with zero attached hydrogens (tertiary/aromatic N) is 1. The quantitative estimate of drug-likeness (QED) is 0.685. The number of rotatable bonds is 1. The zero-order chi connectivity index (χ0) is 14.5. The van der Waals surface area contributed by atoms with Crippen LogP contribution in [0.25, 0.3) is 10.6 Å². The Labute approximate surface area is 140 Å². The van der Waals surface area contributed by atoms with E-state index in [2.05, 4.69) is 57.8 Å². The fourth-order valence-electron chi connectivity index (χ4n) is 2.75. The SMILES string of the molecule is CC1(C)Cc2nc(-c3ccc(Br)c(Br)c3)sc2C(N)C1. The molecule has 0 bridgehead atoms. The molecule has 1 unspecified atom stereocenters. The molecule has 1 aromatic heterocycles. The van der Waals surface area contributed by atoms with E-state index in [1.165, 1.54) is 10.6 Å². The molecule has 5 heteroatoms.